The minimum atomic E-state index is 0.390. The number of rotatable bonds is 13. The van der Waals surface area contributed by atoms with Gasteiger partial charge in [0, 0.05) is 13.2 Å². The molecule has 0 aromatic heterocycles. The van der Waals surface area contributed by atoms with E-state index >= 15 is 0 Å². The van der Waals surface area contributed by atoms with Crippen molar-refractivity contribution >= 4 is 0 Å². The Balaban J connectivity index is 1.37. The van der Waals surface area contributed by atoms with Crippen molar-refractivity contribution in [2.45, 2.75) is 45.4 Å². The fourth-order valence-corrected chi connectivity index (χ4v) is 3.56. The van der Waals surface area contributed by atoms with Gasteiger partial charge in [0.2, 0.25) is 0 Å². The lowest BCUT2D eigenvalue weighted by atomic mass is 9.80. The number of nitrogens with two attached hydrogens (primary N) is 1. The normalized spacial score (nSPS) is 30.6. The molecule has 21 heavy (non-hydrogen) atoms. The van der Waals surface area contributed by atoms with Crippen LogP contribution in [0.1, 0.15) is 45.4 Å². The van der Waals surface area contributed by atoms with Crippen LogP contribution in [0, 0.1) is 17.3 Å². The molecule has 0 amide bonds. The van der Waals surface area contributed by atoms with Crippen LogP contribution in [0.5, 0.6) is 0 Å². The summed E-state index contributed by atoms with van der Waals surface area (Å²) in [5, 5.41) is 0. The number of hydrogen-bond donors (Lipinski definition) is 1. The monoisotopic (exact) mass is 299 g/mol. The zero-order valence-corrected chi connectivity index (χ0v) is 13.6. The minimum Gasteiger partial charge on any atom is -0.379 e. The summed E-state index contributed by atoms with van der Waals surface area (Å²) in [5.41, 5.74) is 6.38. The van der Waals surface area contributed by atoms with E-state index in [4.69, 9.17) is 19.9 Å². The molecule has 2 N–H and O–H groups in total. The molecule has 4 heteroatoms. The summed E-state index contributed by atoms with van der Waals surface area (Å²) in [6.45, 7) is 7.38. The SMILES string of the molecule is CCCCOCCOCCOCCC1(CN)CC2CC2C1. The van der Waals surface area contributed by atoms with Crippen molar-refractivity contribution in [2.75, 3.05) is 46.2 Å². The first-order valence-electron chi connectivity index (χ1n) is 8.73. The van der Waals surface area contributed by atoms with Crippen LogP contribution in [0.15, 0.2) is 0 Å². The van der Waals surface area contributed by atoms with Gasteiger partial charge in [-0.05, 0) is 55.9 Å². The molecule has 4 nitrogen and oxygen atoms in total. The highest BCUT2D eigenvalue weighted by atomic mass is 16.5. The Hall–Kier alpha value is -0.160. The van der Waals surface area contributed by atoms with Gasteiger partial charge in [-0.2, -0.15) is 0 Å². The zero-order valence-electron chi connectivity index (χ0n) is 13.6. The van der Waals surface area contributed by atoms with E-state index < -0.39 is 0 Å². The van der Waals surface area contributed by atoms with Crippen LogP contribution in [-0.4, -0.2) is 46.2 Å². The Morgan fingerprint density at radius 2 is 1.48 bits per heavy atom. The van der Waals surface area contributed by atoms with Crippen LogP contribution in [0.2, 0.25) is 0 Å². The van der Waals surface area contributed by atoms with Crippen molar-refractivity contribution in [3.05, 3.63) is 0 Å². The van der Waals surface area contributed by atoms with Gasteiger partial charge in [0.1, 0.15) is 0 Å². The Bertz CT molecular complexity index is 275. The van der Waals surface area contributed by atoms with E-state index in [1.165, 1.54) is 25.7 Å². The summed E-state index contributed by atoms with van der Waals surface area (Å²) in [7, 11) is 0. The Labute approximate surface area is 129 Å². The molecule has 0 bridgehead atoms. The molecule has 0 heterocycles. The van der Waals surface area contributed by atoms with E-state index in [0.29, 0.717) is 31.8 Å². The smallest absolute Gasteiger partial charge is 0.0701 e. The van der Waals surface area contributed by atoms with Crippen molar-refractivity contribution in [1.82, 2.24) is 0 Å². The van der Waals surface area contributed by atoms with Crippen molar-refractivity contribution in [3.8, 4) is 0 Å². The fourth-order valence-electron chi connectivity index (χ4n) is 3.56. The average molecular weight is 299 g/mol. The molecule has 2 aliphatic carbocycles. The number of hydrogen-bond acceptors (Lipinski definition) is 4. The Morgan fingerprint density at radius 3 is 2.05 bits per heavy atom. The van der Waals surface area contributed by atoms with Crippen molar-refractivity contribution < 1.29 is 14.2 Å². The lowest BCUT2D eigenvalue weighted by Crippen LogP contribution is -2.30. The first-order chi connectivity index (χ1) is 10.3. The van der Waals surface area contributed by atoms with Crippen molar-refractivity contribution in [2.24, 2.45) is 23.0 Å². The van der Waals surface area contributed by atoms with Crippen molar-refractivity contribution in [1.29, 1.82) is 0 Å². The van der Waals surface area contributed by atoms with Crippen molar-refractivity contribution in [3.63, 3.8) is 0 Å². The highest BCUT2D eigenvalue weighted by Crippen LogP contribution is 2.60. The van der Waals surface area contributed by atoms with Crippen LogP contribution in [-0.2, 0) is 14.2 Å². The molecule has 124 valence electrons. The molecule has 0 aromatic carbocycles. The van der Waals surface area contributed by atoms with Crippen LogP contribution in [0.4, 0.5) is 0 Å². The zero-order chi connectivity index (χ0) is 15.0. The molecule has 2 saturated carbocycles. The highest BCUT2D eigenvalue weighted by molar-refractivity contribution is 5.03. The van der Waals surface area contributed by atoms with Gasteiger partial charge in [0.15, 0.2) is 0 Å². The molecule has 2 fully saturated rings. The average Bonchev–Trinajstić information content (AvgIpc) is 3.12. The largest absolute Gasteiger partial charge is 0.379 e. The van der Waals surface area contributed by atoms with Gasteiger partial charge in [0.05, 0.1) is 26.4 Å². The van der Waals surface area contributed by atoms with Gasteiger partial charge >= 0.3 is 0 Å². The maximum atomic E-state index is 5.99. The second-order valence-corrected chi connectivity index (χ2v) is 6.81. The van der Waals surface area contributed by atoms with E-state index in [9.17, 15) is 0 Å². The van der Waals surface area contributed by atoms with E-state index in [1.807, 2.05) is 0 Å². The lowest BCUT2D eigenvalue weighted by Gasteiger charge is -2.29. The molecule has 0 saturated heterocycles. The summed E-state index contributed by atoms with van der Waals surface area (Å²) in [5.74, 6) is 1.98. The van der Waals surface area contributed by atoms with Gasteiger partial charge < -0.3 is 19.9 Å². The summed E-state index contributed by atoms with van der Waals surface area (Å²) in [6, 6.07) is 0. The summed E-state index contributed by atoms with van der Waals surface area (Å²) in [4.78, 5) is 0. The van der Waals surface area contributed by atoms with Gasteiger partial charge in [0.25, 0.3) is 0 Å². The molecule has 2 unspecified atom stereocenters. The number of unbranched alkanes of at least 4 members (excludes halogenated alkanes) is 1. The van der Waals surface area contributed by atoms with Crippen LogP contribution >= 0.6 is 0 Å². The summed E-state index contributed by atoms with van der Waals surface area (Å²) >= 11 is 0. The molecule has 0 aromatic rings. The quantitative estimate of drug-likeness (QED) is 0.531. The van der Waals surface area contributed by atoms with Crippen LogP contribution < -0.4 is 5.73 Å². The Morgan fingerprint density at radius 1 is 0.905 bits per heavy atom. The highest BCUT2D eigenvalue weighted by Gasteiger charge is 2.52. The van der Waals surface area contributed by atoms with Crippen LogP contribution in [0.3, 0.4) is 0 Å². The van der Waals surface area contributed by atoms with E-state index in [1.54, 1.807) is 0 Å². The van der Waals surface area contributed by atoms with E-state index in [0.717, 1.165) is 44.4 Å². The Kier molecular flexibility index (Phi) is 7.44. The molecule has 2 rings (SSSR count). The first-order valence-corrected chi connectivity index (χ1v) is 8.73. The van der Waals surface area contributed by atoms with Gasteiger partial charge in [-0.25, -0.2) is 0 Å². The number of fused-ring (bicyclic) bond motifs is 1. The second kappa shape index (κ2) is 9.09. The van der Waals surface area contributed by atoms with Gasteiger partial charge in [-0.3, -0.25) is 0 Å². The lowest BCUT2D eigenvalue weighted by molar-refractivity contribution is 0.00776. The number of ether oxygens (including phenoxy) is 3. The molecule has 0 aliphatic heterocycles. The standard InChI is InChI=1S/C17H33NO3/c1-2-3-5-19-7-9-21-10-8-20-6-4-17(14-18)12-15-11-16(15)13-17/h15-16H,2-14,18H2,1H3. The molecular weight excluding hydrogens is 266 g/mol. The molecule has 0 spiro atoms. The maximum absolute atomic E-state index is 5.99. The van der Waals surface area contributed by atoms with E-state index in [-0.39, 0.29) is 0 Å². The van der Waals surface area contributed by atoms with Gasteiger partial charge in [-0.15, -0.1) is 0 Å². The molecule has 2 aliphatic rings. The summed E-state index contributed by atoms with van der Waals surface area (Å²) < 4.78 is 16.6. The van der Waals surface area contributed by atoms with Gasteiger partial charge in [-0.1, -0.05) is 13.3 Å². The second-order valence-electron chi connectivity index (χ2n) is 6.81. The van der Waals surface area contributed by atoms with E-state index in [2.05, 4.69) is 6.92 Å². The third-order valence-corrected chi connectivity index (χ3v) is 5.06. The molecule has 2 atom stereocenters. The topological polar surface area (TPSA) is 53.7 Å². The first kappa shape index (κ1) is 17.2. The third kappa shape index (κ3) is 5.85. The fraction of sp³-hybridized carbons (Fsp3) is 1.00. The molecular formula is C17H33NO3. The summed E-state index contributed by atoms with van der Waals surface area (Å²) in [6.07, 6.45) is 7.56. The maximum Gasteiger partial charge on any atom is 0.0701 e. The predicted molar refractivity (Wildman–Crippen MR) is 84.3 cm³/mol. The molecule has 0 radical (unpaired) electrons. The minimum absolute atomic E-state index is 0.390. The van der Waals surface area contributed by atoms with Crippen LogP contribution in [0.25, 0.3) is 0 Å². The third-order valence-electron chi connectivity index (χ3n) is 5.06. The predicted octanol–water partition coefficient (Wildman–Crippen LogP) is 2.60.